The van der Waals surface area contributed by atoms with Crippen molar-refractivity contribution in [2.24, 2.45) is 0 Å². The Hall–Kier alpha value is -3.17. The predicted octanol–water partition coefficient (Wildman–Crippen LogP) is 4.33. The number of anilines is 2. The smallest absolute Gasteiger partial charge is 0.275 e. The zero-order valence-corrected chi connectivity index (χ0v) is 15.9. The Morgan fingerprint density at radius 3 is 2.64 bits per heavy atom. The Morgan fingerprint density at radius 2 is 1.89 bits per heavy atom. The summed E-state index contributed by atoms with van der Waals surface area (Å²) in [5.74, 6) is -0.853. The van der Waals surface area contributed by atoms with Crippen LogP contribution in [0.2, 0.25) is 0 Å². The van der Waals surface area contributed by atoms with Crippen LogP contribution in [-0.2, 0) is 11.2 Å². The van der Waals surface area contributed by atoms with Crippen LogP contribution in [0.25, 0.3) is 10.2 Å². The SMILES string of the molecule is O=C(Cc1ccc(F)cc1)Nc1nc2ccc(NC(=O)c3cscn3)cc2s1. The second-order valence-corrected chi connectivity index (χ2v) is 7.63. The normalized spacial score (nSPS) is 10.8. The molecule has 0 fully saturated rings. The van der Waals surface area contributed by atoms with Crippen molar-refractivity contribution >= 4 is 55.5 Å². The summed E-state index contributed by atoms with van der Waals surface area (Å²) >= 11 is 2.66. The summed E-state index contributed by atoms with van der Waals surface area (Å²) in [5, 5.41) is 7.68. The Bertz CT molecular complexity index is 1140. The van der Waals surface area contributed by atoms with E-state index in [-0.39, 0.29) is 24.1 Å². The van der Waals surface area contributed by atoms with E-state index in [1.54, 1.807) is 41.2 Å². The average molecular weight is 412 g/mol. The molecular weight excluding hydrogens is 399 g/mol. The Morgan fingerprint density at radius 1 is 1.07 bits per heavy atom. The molecule has 0 bridgehead atoms. The van der Waals surface area contributed by atoms with E-state index in [2.05, 4.69) is 20.6 Å². The van der Waals surface area contributed by atoms with Gasteiger partial charge in [-0.3, -0.25) is 9.59 Å². The number of carbonyl (C=O) groups is 2. The van der Waals surface area contributed by atoms with Crippen LogP contribution < -0.4 is 10.6 Å². The molecule has 2 amide bonds. The monoisotopic (exact) mass is 412 g/mol. The molecule has 9 heteroatoms. The van der Waals surface area contributed by atoms with Crippen molar-refractivity contribution in [3.05, 3.63) is 70.4 Å². The molecule has 2 aromatic carbocycles. The maximum Gasteiger partial charge on any atom is 0.275 e. The number of carbonyl (C=O) groups excluding carboxylic acids is 2. The minimum Gasteiger partial charge on any atom is -0.321 e. The Balaban J connectivity index is 1.44. The van der Waals surface area contributed by atoms with E-state index in [4.69, 9.17) is 0 Å². The number of hydrogen-bond donors (Lipinski definition) is 2. The zero-order chi connectivity index (χ0) is 19.5. The van der Waals surface area contributed by atoms with Gasteiger partial charge >= 0.3 is 0 Å². The highest BCUT2D eigenvalue weighted by Crippen LogP contribution is 2.28. The van der Waals surface area contributed by atoms with Crippen LogP contribution in [0.5, 0.6) is 0 Å². The third-order valence-corrected chi connectivity index (χ3v) is 5.36. The lowest BCUT2D eigenvalue weighted by Crippen LogP contribution is -2.14. The number of aromatic nitrogens is 2. The average Bonchev–Trinajstić information content (AvgIpc) is 3.32. The van der Waals surface area contributed by atoms with Crippen molar-refractivity contribution in [3.63, 3.8) is 0 Å². The highest BCUT2D eigenvalue weighted by Gasteiger charge is 2.12. The first-order chi connectivity index (χ1) is 13.6. The summed E-state index contributed by atoms with van der Waals surface area (Å²) in [4.78, 5) is 32.6. The lowest BCUT2D eigenvalue weighted by molar-refractivity contribution is -0.115. The fourth-order valence-corrected chi connectivity index (χ4v) is 3.98. The van der Waals surface area contributed by atoms with Crippen molar-refractivity contribution in [2.75, 3.05) is 10.6 Å². The van der Waals surface area contributed by atoms with Crippen LogP contribution in [0.1, 0.15) is 16.1 Å². The molecule has 2 N–H and O–H groups in total. The molecule has 0 unspecified atom stereocenters. The molecule has 0 radical (unpaired) electrons. The van der Waals surface area contributed by atoms with Gasteiger partial charge in [0.1, 0.15) is 11.5 Å². The van der Waals surface area contributed by atoms with Gasteiger partial charge in [-0.15, -0.1) is 11.3 Å². The highest BCUT2D eigenvalue weighted by atomic mass is 32.1. The van der Waals surface area contributed by atoms with Gasteiger partial charge in [0.25, 0.3) is 5.91 Å². The summed E-state index contributed by atoms with van der Waals surface area (Å²) in [7, 11) is 0. The number of nitrogens with zero attached hydrogens (tertiary/aromatic N) is 2. The van der Waals surface area contributed by atoms with Crippen LogP contribution in [0, 0.1) is 5.82 Å². The van der Waals surface area contributed by atoms with Crippen molar-refractivity contribution in [1.82, 2.24) is 9.97 Å². The summed E-state index contributed by atoms with van der Waals surface area (Å²) < 4.78 is 13.8. The maximum atomic E-state index is 12.9. The molecule has 0 spiro atoms. The van der Waals surface area contributed by atoms with Crippen LogP contribution in [0.15, 0.2) is 53.4 Å². The van der Waals surface area contributed by atoms with E-state index in [1.165, 1.54) is 34.8 Å². The predicted molar refractivity (Wildman–Crippen MR) is 108 cm³/mol. The third-order valence-electron chi connectivity index (χ3n) is 3.84. The van der Waals surface area contributed by atoms with Crippen molar-refractivity contribution in [1.29, 1.82) is 0 Å². The molecule has 2 heterocycles. The second kappa shape index (κ2) is 7.83. The number of thiazole rings is 2. The largest absolute Gasteiger partial charge is 0.321 e. The molecule has 0 aliphatic rings. The number of rotatable bonds is 5. The van der Waals surface area contributed by atoms with E-state index in [0.29, 0.717) is 27.6 Å². The number of nitrogens with one attached hydrogen (secondary N) is 2. The first-order valence-electron chi connectivity index (χ1n) is 8.21. The van der Waals surface area contributed by atoms with Gasteiger partial charge in [-0.2, -0.15) is 0 Å². The van der Waals surface area contributed by atoms with Crippen LogP contribution in [0.4, 0.5) is 15.2 Å². The van der Waals surface area contributed by atoms with Gasteiger partial charge in [0, 0.05) is 11.1 Å². The molecule has 4 rings (SSSR count). The van der Waals surface area contributed by atoms with Gasteiger partial charge in [0.2, 0.25) is 5.91 Å². The summed E-state index contributed by atoms with van der Waals surface area (Å²) in [6, 6.07) is 11.1. The van der Waals surface area contributed by atoms with Crippen LogP contribution in [-0.4, -0.2) is 21.8 Å². The van der Waals surface area contributed by atoms with Crippen molar-refractivity contribution in [2.45, 2.75) is 6.42 Å². The molecule has 0 aliphatic carbocycles. The van der Waals surface area contributed by atoms with Gasteiger partial charge in [0.15, 0.2) is 5.13 Å². The molecule has 0 aliphatic heterocycles. The summed E-state index contributed by atoms with van der Waals surface area (Å²) in [6.45, 7) is 0. The molecule has 2 aromatic heterocycles. The molecule has 0 saturated carbocycles. The molecule has 28 heavy (non-hydrogen) atoms. The number of hydrogen-bond acceptors (Lipinski definition) is 6. The number of fused-ring (bicyclic) bond motifs is 1. The lowest BCUT2D eigenvalue weighted by Gasteiger charge is -2.02. The zero-order valence-electron chi connectivity index (χ0n) is 14.3. The fraction of sp³-hybridized carbons (Fsp3) is 0.0526. The van der Waals surface area contributed by atoms with Crippen LogP contribution in [0.3, 0.4) is 0 Å². The number of halogens is 1. The van der Waals surface area contributed by atoms with E-state index in [9.17, 15) is 14.0 Å². The van der Waals surface area contributed by atoms with E-state index < -0.39 is 0 Å². The number of benzene rings is 2. The molecule has 0 saturated heterocycles. The summed E-state index contributed by atoms with van der Waals surface area (Å²) in [6.07, 6.45) is 0.130. The molecule has 4 aromatic rings. The van der Waals surface area contributed by atoms with Gasteiger partial charge < -0.3 is 10.6 Å². The van der Waals surface area contributed by atoms with Crippen molar-refractivity contribution < 1.29 is 14.0 Å². The Kier molecular flexibility index (Phi) is 5.09. The first kappa shape index (κ1) is 18.2. The third kappa shape index (κ3) is 4.21. The molecular formula is C19H13FN4O2S2. The molecule has 6 nitrogen and oxygen atoms in total. The fourth-order valence-electron chi connectivity index (χ4n) is 2.53. The molecule has 140 valence electrons. The number of amides is 2. The van der Waals surface area contributed by atoms with Crippen molar-refractivity contribution in [3.8, 4) is 0 Å². The standard InChI is InChI=1S/C19H13FN4O2S2/c20-12-3-1-11(2-4-12)7-17(25)24-19-23-14-6-5-13(8-16(14)28-19)22-18(26)15-9-27-10-21-15/h1-6,8-10H,7H2,(H,22,26)(H,23,24,25). The molecule has 0 atom stereocenters. The Labute approximate surface area is 167 Å². The topological polar surface area (TPSA) is 84.0 Å². The minimum absolute atomic E-state index is 0.130. The lowest BCUT2D eigenvalue weighted by atomic mass is 10.1. The summed E-state index contributed by atoms with van der Waals surface area (Å²) in [5.41, 5.74) is 4.02. The van der Waals surface area contributed by atoms with E-state index in [1.807, 2.05) is 0 Å². The van der Waals surface area contributed by atoms with Gasteiger partial charge in [-0.05, 0) is 35.9 Å². The van der Waals surface area contributed by atoms with Gasteiger partial charge in [-0.1, -0.05) is 23.5 Å². The second-order valence-electron chi connectivity index (χ2n) is 5.88. The van der Waals surface area contributed by atoms with Gasteiger partial charge in [0.05, 0.1) is 22.1 Å². The maximum absolute atomic E-state index is 12.9. The minimum atomic E-state index is -0.340. The first-order valence-corrected chi connectivity index (χ1v) is 9.97. The van der Waals surface area contributed by atoms with E-state index in [0.717, 1.165) is 4.70 Å². The van der Waals surface area contributed by atoms with E-state index >= 15 is 0 Å². The quantitative estimate of drug-likeness (QED) is 0.511. The highest BCUT2D eigenvalue weighted by molar-refractivity contribution is 7.22. The van der Waals surface area contributed by atoms with Crippen LogP contribution >= 0.6 is 22.7 Å². The van der Waals surface area contributed by atoms with Gasteiger partial charge in [-0.25, -0.2) is 14.4 Å².